The molecule has 0 amide bonds. The average Bonchev–Trinajstić information content (AvgIpc) is 2.26. The fourth-order valence-corrected chi connectivity index (χ4v) is 1.78. The zero-order chi connectivity index (χ0) is 10.7. The van der Waals surface area contributed by atoms with Gasteiger partial charge in [-0.3, -0.25) is 0 Å². The predicted octanol–water partition coefficient (Wildman–Crippen LogP) is 3.50. The second kappa shape index (κ2) is 4.33. The van der Waals surface area contributed by atoms with Gasteiger partial charge in [-0.05, 0) is 35.0 Å². The number of nitrogens with zero attached hydrogens (tertiary/aromatic N) is 1. The molecule has 15 heavy (non-hydrogen) atoms. The molecule has 0 N–H and O–H groups in total. The van der Waals surface area contributed by atoms with Gasteiger partial charge < -0.3 is 4.74 Å². The number of benzene rings is 2. The van der Waals surface area contributed by atoms with Crippen molar-refractivity contribution < 1.29 is 4.74 Å². The van der Waals surface area contributed by atoms with Crippen molar-refractivity contribution in [3.8, 4) is 11.8 Å². The molecule has 3 heteroatoms. The molecule has 0 saturated carbocycles. The largest absolute Gasteiger partial charge is 0.479 e. The first-order chi connectivity index (χ1) is 7.29. The van der Waals surface area contributed by atoms with Gasteiger partial charge in [0.15, 0.2) is 6.61 Å². The molecule has 0 unspecified atom stereocenters. The van der Waals surface area contributed by atoms with Gasteiger partial charge in [-0.15, -0.1) is 0 Å². The minimum atomic E-state index is 0.0854. The van der Waals surface area contributed by atoms with Crippen molar-refractivity contribution in [3.63, 3.8) is 0 Å². The lowest BCUT2D eigenvalue weighted by Crippen LogP contribution is -1.92. The van der Waals surface area contributed by atoms with E-state index in [2.05, 4.69) is 15.9 Å². The van der Waals surface area contributed by atoms with Crippen LogP contribution in [0.4, 0.5) is 0 Å². The van der Waals surface area contributed by atoms with Crippen molar-refractivity contribution in [2.24, 2.45) is 0 Å². The summed E-state index contributed by atoms with van der Waals surface area (Å²) in [5.41, 5.74) is 0. The quantitative estimate of drug-likeness (QED) is 0.829. The molecule has 0 aromatic heterocycles. The number of halogens is 1. The second-order valence-electron chi connectivity index (χ2n) is 3.10. The zero-order valence-corrected chi connectivity index (χ0v) is 9.49. The molecule has 2 aromatic carbocycles. The van der Waals surface area contributed by atoms with E-state index in [4.69, 9.17) is 10.00 Å². The third kappa shape index (κ3) is 2.28. The minimum absolute atomic E-state index is 0.0854. The van der Waals surface area contributed by atoms with Gasteiger partial charge in [-0.1, -0.05) is 28.1 Å². The molecule has 0 radical (unpaired) electrons. The first-order valence-corrected chi connectivity index (χ1v) is 5.28. The van der Waals surface area contributed by atoms with E-state index in [1.165, 1.54) is 0 Å². The molecule has 0 saturated heterocycles. The zero-order valence-electron chi connectivity index (χ0n) is 7.90. The highest BCUT2D eigenvalue weighted by Gasteiger charge is 1.97. The van der Waals surface area contributed by atoms with Gasteiger partial charge in [0, 0.05) is 4.47 Å². The fraction of sp³-hybridized carbons (Fsp3) is 0.0833. The van der Waals surface area contributed by atoms with Crippen molar-refractivity contribution in [2.75, 3.05) is 6.61 Å². The highest BCUT2D eigenvalue weighted by atomic mass is 79.9. The number of rotatable bonds is 2. The van der Waals surface area contributed by atoms with E-state index >= 15 is 0 Å². The second-order valence-corrected chi connectivity index (χ2v) is 4.02. The van der Waals surface area contributed by atoms with Gasteiger partial charge >= 0.3 is 0 Å². The van der Waals surface area contributed by atoms with Crippen LogP contribution in [-0.4, -0.2) is 6.61 Å². The normalized spacial score (nSPS) is 9.87. The Balaban J connectivity index is 2.40. The highest BCUT2D eigenvalue weighted by molar-refractivity contribution is 9.10. The Morgan fingerprint density at radius 2 is 1.87 bits per heavy atom. The summed E-state index contributed by atoms with van der Waals surface area (Å²) < 4.78 is 6.28. The Labute approximate surface area is 96.2 Å². The first-order valence-electron chi connectivity index (χ1n) is 4.49. The lowest BCUT2D eigenvalue weighted by molar-refractivity contribution is 0.368. The summed E-state index contributed by atoms with van der Waals surface area (Å²) in [6, 6.07) is 13.8. The number of hydrogen-bond acceptors (Lipinski definition) is 2. The van der Waals surface area contributed by atoms with E-state index in [9.17, 15) is 0 Å². The molecule has 0 heterocycles. The van der Waals surface area contributed by atoms with E-state index < -0.39 is 0 Å². The van der Waals surface area contributed by atoms with Crippen LogP contribution in [0, 0.1) is 11.3 Å². The molecule has 0 spiro atoms. The number of ether oxygens (including phenoxy) is 1. The average molecular weight is 262 g/mol. The Morgan fingerprint density at radius 1 is 1.13 bits per heavy atom. The number of fused-ring (bicyclic) bond motifs is 1. The van der Waals surface area contributed by atoms with Crippen LogP contribution in [0.25, 0.3) is 10.8 Å². The summed E-state index contributed by atoms with van der Waals surface area (Å²) in [6.07, 6.45) is 0. The van der Waals surface area contributed by atoms with E-state index in [-0.39, 0.29) is 6.61 Å². The summed E-state index contributed by atoms with van der Waals surface area (Å²) in [5, 5.41) is 10.6. The van der Waals surface area contributed by atoms with Crippen LogP contribution in [0.15, 0.2) is 40.9 Å². The topological polar surface area (TPSA) is 33.0 Å². The van der Waals surface area contributed by atoms with E-state index in [1.54, 1.807) is 0 Å². The van der Waals surface area contributed by atoms with Gasteiger partial charge in [-0.25, -0.2) is 0 Å². The number of hydrogen-bond donors (Lipinski definition) is 0. The molecule has 0 aliphatic heterocycles. The van der Waals surface area contributed by atoms with Crippen LogP contribution in [0.2, 0.25) is 0 Å². The molecular weight excluding hydrogens is 254 g/mol. The van der Waals surface area contributed by atoms with Gasteiger partial charge in [0.05, 0.1) is 0 Å². The summed E-state index contributed by atoms with van der Waals surface area (Å²) in [5.74, 6) is 0.728. The summed E-state index contributed by atoms with van der Waals surface area (Å²) >= 11 is 3.42. The van der Waals surface area contributed by atoms with Gasteiger partial charge in [-0.2, -0.15) is 5.26 Å². The van der Waals surface area contributed by atoms with E-state index in [0.29, 0.717) is 0 Å². The molecule has 0 aliphatic rings. The van der Waals surface area contributed by atoms with Gasteiger partial charge in [0.2, 0.25) is 0 Å². The van der Waals surface area contributed by atoms with Crippen LogP contribution in [-0.2, 0) is 0 Å². The first kappa shape index (κ1) is 10.0. The Bertz CT molecular complexity index is 531. The summed E-state index contributed by atoms with van der Waals surface area (Å²) in [6.45, 7) is 0.0854. The Morgan fingerprint density at radius 3 is 2.67 bits per heavy atom. The van der Waals surface area contributed by atoms with Crippen LogP contribution in [0.3, 0.4) is 0 Å². The van der Waals surface area contributed by atoms with Crippen molar-refractivity contribution in [2.45, 2.75) is 0 Å². The predicted molar refractivity (Wildman–Crippen MR) is 62.8 cm³/mol. The minimum Gasteiger partial charge on any atom is -0.479 e. The SMILES string of the molecule is N#CCOc1ccc2cc(Br)ccc2c1. The van der Waals surface area contributed by atoms with E-state index in [0.717, 1.165) is 21.0 Å². The van der Waals surface area contributed by atoms with E-state index in [1.807, 2.05) is 42.5 Å². The standard InChI is InChI=1S/C12H8BrNO/c13-11-3-1-10-8-12(15-6-5-14)4-2-9(10)7-11/h1-4,7-8H,6H2. The molecule has 0 aliphatic carbocycles. The van der Waals surface area contributed by atoms with Crippen LogP contribution < -0.4 is 4.74 Å². The van der Waals surface area contributed by atoms with Crippen molar-refractivity contribution >= 4 is 26.7 Å². The molecule has 2 nitrogen and oxygen atoms in total. The van der Waals surface area contributed by atoms with Gasteiger partial charge in [0.25, 0.3) is 0 Å². The maximum absolute atomic E-state index is 8.40. The highest BCUT2D eigenvalue weighted by Crippen LogP contribution is 2.23. The monoisotopic (exact) mass is 261 g/mol. The molecule has 0 bridgehead atoms. The molecular formula is C12H8BrNO. The van der Waals surface area contributed by atoms with Crippen LogP contribution >= 0.6 is 15.9 Å². The maximum Gasteiger partial charge on any atom is 0.174 e. The lowest BCUT2D eigenvalue weighted by Gasteiger charge is -2.03. The van der Waals surface area contributed by atoms with Crippen molar-refractivity contribution in [1.29, 1.82) is 5.26 Å². The Hall–Kier alpha value is -1.53. The smallest absolute Gasteiger partial charge is 0.174 e. The van der Waals surface area contributed by atoms with Crippen LogP contribution in [0.5, 0.6) is 5.75 Å². The molecule has 74 valence electrons. The Kier molecular flexibility index (Phi) is 2.89. The summed E-state index contributed by atoms with van der Waals surface area (Å²) in [4.78, 5) is 0. The van der Waals surface area contributed by atoms with Gasteiger partial charge in [0.1, 0.15) is 11.8 Å². The maximum atomic E-state index is 8.40. The molecule has 2 rings (SSSR count). The van der Waals surface area contributed by atoms with Crippen molar-refractivity contribution in [1.82, 2.24) is 0 Å². The molecule has 2 aromatic rings. The number of nitriles is 1. The third-order valence-electron chi connectivity index (χ3n) is 2.08. The fourth-order valence-electron chi connectivity index (χ4n) is 1.40. The molecule has 0 atom stereocenters. The van der Waals surface area contributed by atoms with Crippen LogP contribution in [0.1, 0.15) is 0 Å². The molecule has 0 fully saturated rings. The van der Waals surface area contributed by atoms with Crippen molar-refractivity contribution in [3.05, 3.63) is 40.9 Å². The summed E-state index contributed by atoms with van der Waals surface area (Å²) in [7, 11) is 0. The lowest BCUT2D eigenvalue weighted by atomic mass is 10.1. The third-order valence-corrected chi connectivity index (χ3v) is 2.57.